The van der Waals surface area contributed by atoms with Crippen molar-refractivity contribution in [2.45, 2.75) is 43.9 Å². The minimum absolute atomic E-state index is 0.0341. The Balaban J connectivity index is 1.44. The van der Waals surface area contributed by atoms with Gasteiger partial charge >= 0.3 is 0 Å². The van der Waals surface area contributed by atoms with E-state index in [1.54, 1.807) is 12.3 Å². The fourth-order valence-electron chi connectivity index (χ4n) is 4.70. The largest absolute Gasteiger partial charge is 0.354 e. The highest BCUT2D eigenvalue weighted by atomic mass is 32.2. The molecule has 0 saturated carbocycles. The minimum atomic E-state index is -4.64. The summed E-state index contributed by atoms with van der Waals surface area (Å²) in [6.45, 7) is 7.92. The van der Waals surface area contributed by atoms with Crippen LogP contribution in [0.5, 0.6) is 0 Å². The van der Waals surface area contributed by atoms with Crippen LogP contribution in [-0.2, 0) is 10.0 Å². The Bertz CT molecular complexity index is 1670. The molecule has 0 aliphatic carbocycles. The van der Waals surface area contributed by atoms with Gasteiger partial charge in [0.05, 0.1) is 27.0 Å². The highest BCUT2D eigenvalue weighted by Crippen LogP contribution is 2.40. The molecule has 4 aromatic rings. The Kier molecular flexibility index (Phi) is 9.09. The van der Waals surface area contributed by atoms with Gasteiger partial charge in [-0.3, -0.25) is 4.72 Å². The van der Waals surface area contributed by atoms with Crippen molar-refractivity contribution in [1.29, 1.82) is 0 Å². The number of halogens is 3. The van der Waals surface area contributed by atoms with E-state index in [0.717, 1.165) is 37.1 Å². The number of hydrogen-bond donors (Lipinski definition) is 2. The van der Waals surface area contributed by atoms with Crippen molar-refractivity contribution in [1.82, 2.24) is 19.9 Å². The van der Waals surface area contributed by atoms with Crippen molar-refractivity contribution in [3.8, 4) is 21.8 Å². The van der Waals surface area contributed by atoms with Crippen LogP contribution in [0, 0.1) is 17.5 Å². The van der Waals surface area contributed by atoms with Gasteiger partial charge in [-0.15, -0.1) is 11.3 Å². The third-order valence-corrected chi connectivity index (χ3v) is 9.60. The number of aromatic nitrogens is 3. The normalized spacial score (nSPS) is 14.0. The Morgan fingerprint density at radius 1 is 1.05 bits per heavy atom. The zero-order valence-corrected chi connectivity index (χ0v) is 24.8. The lowest BCUT2D eigenvalue weighted by Crippen LogP contribution is -2.22. The van der Waals surface area contributed by atoms with E-state index in [0.29, 0.717) is 35.2 Å². The molecule has 0 unspecified atom stereocenters. The average molecular weight is 617 g/mol. The van der Waals surface area contributed by atoms with Crippen molar-refractivity contribution >= 4 is 33.0 Å². The predicted molar refractivity (Wildman–Crippen MR) is 159 cm³/mol. The highest BCUT2D eigenvalue weighted by molar-refractivity contribution is 7.92. The van der Waals surface area contributed by atoms with Crippen LogP contribution in [-0.4, -0.2) is 54.4 Å². The number of likely N-dealkylation sites (tertiary alicyclic amines) is 1. The molecule has 1 saturated heterocycles. The summed E-state index contributed by atoms with van der Waals surface area (Å²) in [4.78, 5) is 15.8. The van der Waals surface area contributed by atoms with E-state index in [1.165, 1.54) is 42.4 Å². The molecule has 2 aromatic carbocycles. The third-order valence-electron chi connectivity index (χ3n) is 6.84. The van der Waals surface area contributed by atoms with Crippen molar-refractivity contribution in [3.63, 3.8) is 0 Å². The minimum Gasteiger partial charge on any atom is -0.354 e. The van der Waals surface area contributed by atoms with Gasteiger partial charge in [-0.1, -0.05) is 19.9 Å². The van der Waals surface area contributed by atoms with E-state index in [1.807, 2.05) is 13.8 Å². The lowest BCUT2D eigenvalue weighted by molar-refractivity contribution is 0.337. The topological polar surface area (TPSA) is 100 Å². The number of nitrogens with one attached hydrogen (secondary N) is 2. The molecule has 1 aliphatic rings. The Hall–Kier alpha value is -3.55. The first kappa shape index (κ1) is 29.9. The summed E-state index contributed by atoms with van der Waals surface area (Å²) in [5.41, 5.74) is 0.438. The molecule has 2 aromatic heterocycles. The fourth-order valence-corrected chi connectivity index (χ4v) is 6.90. The first-order valence-electron chi connectivity index (χ1n) is 13.7. The summed E-state index contributed by atoms with van der Waals surface area (Å²) in [5, 5.41) is 4.01. The van der Waals surface area contributed by atoms with Crippen LogP contribution >= 0.6 is 11.3 Å². The second kappa shape index (κ2) is 12.8. The van der Waals surface area contributed by atoms with E-state index in [9.17, 15) is 17.2 Å². The van der Waals surface area contributed by atoms with Crippen molar-refractivity contribution in [2.75, 3.05) is 36.2 Å². The van der Waals surface area contributed by atoms with E-state index < -0.39 is 38.1 Å². The van der Waals surface area contributed by atoms with Crippen molar-refractivity contribution in [2.24, 2.45) is 0 Å². The van der Waals surface area contributed by atoms with E-state index >= 15 is 4.39 Å². The molecule has 8 nitrogen and oxygen atoms in total. The quantitative estimate of drug-likeness (QED) is 0.186. The van der Waals surface area contributed by atoms with Crippen LogP contribution in [0.2, 0.25) is 0 Å². The standard InChI is InChI=1S/C29H31F3N6O2S2/c1-18(2)28-36-26(27(41-28)23-11-13-34-29(35-23)33-12-6-16-38-14-3-4-15-38)20-7-5-8-22(25(20)32)37-42(39,40)24-17-19(30)9-10-21(24)31/h5,7-11,13,17-18,37H,3-4,6,12,14-16H2,1-2H3,(H,33,34,35). The van der Waals surface area contributed by atoms with Crippen LogP contribution in [0.25, 0.3) is 21.8 Å². The number of nitrogens with zero attached hydrogens (tertiary/aromatic N) is 4. The van der Waals surface area contributed by atoms with Gasteiger partial charge in [0.1, 0.15) is 16.5 Å². The maximum Gasteiger partial charge on any atom is 0.265 e. The Morgan fingerprint density at radius 2 is 1.83 bits per heavy atom. The fraction of sp³-hybridized carbons (Fsp3) is 0.345. The van der Waals surface area contributed by atoms with Crippen LogP contribution in [0.4, 0.5) is 24.8 Å². The van der Waals surface area contributed by atoms with Crippen LogP contribution in [0.1, 0.15) is 44.0 Å². The molecule has 1 aliphatic heterocycles. The summed E-state index contributed by atoms with van der Waals surface area (Å²) in [6.07, 6.45) is 5.06. The van der Waals surface area contributed by atoms with Crippen molar-refractivity contribution in [3.05, 3.63) is 71.1 Å². The number of hydrogen-bond acceptors (Lipinski definition) is 8. The van der Waals surface area contributed by atoms with Gasteiger partial charge in [0.2, 0.25) is 5.95 Å². The molecule has 2 N–H and O–H groups in total. The van der Waals surface area contributed by atoms with Gasteiger partial charge in [0, 0.05) is 24.2 Å². The molecule has 0 atom stereocenters. The lowest BCUT2D eigenvalue weighted by atomic mass is 10.1. The predicted octanol–water partition coefficient (Wildman–Crippen LogP) is 6.51. The summed E-state index contributed by atoms with van der Waals surface area (Å²) in [7, 11) is -4.64. The van der Waals surface area contributed by atoms with Crippen molar-refractivity contribution < 1.29 is 21.6 Å². The molecule has 5 rings (SSSR count). The first-order chi connectivity index (χ1) is 20.1. The molecular weight excluding hydrogens is 585 g/mol. The van der Waals surface area contributed by atoms with Gasteiger partial charge in [-0.2, -0.15) is 0 Å². The molecule has 0 bridgehead atoms. The molecule has 0 radical (unpaired) electrons. The van der Waals surface area contributed by atoms with Gasteiger partial charge in [0.25, 0.3) is 10.0 Å². The molecule has 1 fully saturated rings. The maximum absolute atomic E-state index is 15.9. The number of benzene rings is 2. The molecule has 13 heteroatoms. The monoisotopic (exact) mass is 616 g/mol. The average Bonchev–Trinajstić information content (AvgIpc) is 3.64. The van der Waals surface area contributed by atoms with Crippen LogP contribution in [0.3, 0.4) is 0 Å². The number of sulfonamides is 1. The molecule has 42 heavy (non-hydrogen) atoms. The van der Waals surface area contributed by atoms with Gasteiger partial charge in [-0.25, -0.2) is 36.5 Å². The van der Waals surface area contributed by atoms with E-state index in [-0.39, 0.29) is 17.2 Å². The Morgan fingerprint density at radius 3 is 2.60 bits per heavy atom. The smallest absolute Gasteiger partial charge is 0.265 e. The first-order valence-corrected chi connectivity index (χ1v) is 16.0. The summed E-state index contributed by atoms with van der Waals surface area (Å²) in [6, 6.07) is 7.91. The number of thiazole rings is 1. The van der Waals surface area contributed by atoms with Crippen LogP contribution < -0.4 is 10.0 Å². The third kappa shape index (κ3) is 6.74. The molecular formula is C29H31F3N6O2S2. The second-order valence-corrected chi connectivity index (χ2v) is 13.0. The summed E-state index contributed by atoms with van der Waals surface area (Å²) in [5.74, 6) is -2.53. The summed E-state index contributed by atoms with van der Waals surface area (Å²) >= 11 is 1.37. The Labute approximate surface area is 247 Å². The second-order valence-electron chi connectivity index (χ2n) is 10.3. The zero-order chi connectivity index (χ0) is 29.9. The van der Waals surface area contributed by atoms with E-state index in [2.05, 4.69) is 24.9 Å². The summed E-state index contributed by atoms with van der Waals surface area (Å²) < 4.78 is 71.6. The lowest BCUT2D eigenvalue weighted by Gasteiger charge is -2.14. The molecule has 0 spiro atoms. The molecule has 222 valence electrons. The maximum atomic E-state index is 15.9. The zero-order valence-electron chi connectivity index (χ0n) is 23.2. The SMILES string of the molecule is CC(C)c1nc(-c2cccc(NS(=O)(=O)c3cc(F)ccc3F)c2F)c(-c2ccnc(NCCCN3CCCC3)n2)s1. The van der Waals surface area contributed by atoms with E-state index in [4.69, 9.17) is 4.98 Å². The highest BCUT2D eigenvalue weighted by Gasteiger charge is 2.25. The molecule has 0 amide bonds. The van der Waals surface area contributed by atoms with Gasteiger partial charge < -0.3 is 10.2 Å². The number of anilines is 2. The molecule has 3 heterocycles. The van der Waals surface area contributed by atoms with Crippen LogP contribution in [0.15, 0.2) is 53.6 Å². The number of rotatable bonds is 11. The van der Waals surface area contributed by atoms with Gasteiger partial charge in [0.15, 0.2) is 5.82 Å². The van der Waals surface area contributed by atoms with Gasteiger partial charge in [-0.05, 0) is 75.3 Å².